The Morgan fingerprint density at radius 1 is 1.25 bits per heavy atom. The molecule has 0 bridgehead atoms. The molecule has 0 fully saturated rings. The minimum atomic E-state index is 0.729. The van der Waals surface area contributed by atoms with Gasteiger partial charge >= 0.3 is 0 Å². The number of hydrogen-bond acceptors (Lipinski definition) is 5. The summed E-state index contributed by atoms with van der Waals surface area (Å²) in [7, 11) is 0. The number of hydrogen-bond donors (Lipinski definition) is 0. The highest BCUT2D eigenvalue weighted by atomic mass is 32.2. The maximum absolute atomic E-state index is 10.6. The highest BCUT2D eigenvalue weighted by Gasteiger charge is 2.05. The first kappa shape index (κ1) is 11.3. The third-order valence-corrected chi connectivity index (χ3v) is 3.88. The van der Waals surface area contributed by atoms with E-state index in [-0.39, 0.29) is 0 Å². The maximum Gasteiger partial charge on any atom is 0.193 e. The Hall–Kier alpha value is -1.20. The molecule has 0 aliphatic rings. The first-order valence-electron chi connectivity index (χ1n) is 4.72. The van der Waals surface area contributed by atoms with Crippen LogP contribution < -0.4 is 0 Å². The van der Waals surface area contributed by atoms with Crippen molar-refractivity contribution in [2.75, 3.05) is 0 Å². The third kappa shape index (κ3) is 2.68. The van der Waals surface area contributed by atoms with Crippen molar-refractivity contribution in [3.05, 3.63) is 34.5 Å². The summed E-state index contributed by atoms with van der Waals surface area (Å²) in [5.41, 5.74) is 1.92. The van der Waals surface area contributed by atoms with Crippen LogP contribution in [0.3, 0.4) is 0 Å². The third-order valence-electron chi connectivity index (χ3n) is 1.87. The van der Waals surface area contributed by atoms with Gasteiger partial charge in [0.2, 0.25) is 0 Å². The second-order valence-electron chi connectivity index (χ2n) is 3.31. The topological polar surface area (TPSA) is 42.9 Å². The summed E-state index contributed by atoms with van der Waals surface area (Å²) in [6, 6.07) is 5.66. The van der Waals surface area contributed by atoms with Gasteiger partial charge in [-0.15, -0.1) is 11.3 Å². The molecule has 0 aliphatic carbocycles. The van der Waals surface area contributed by atoms with Crippen molar-refractivity contribution in [2.45, 2.75) is 23.2 Å². The number of aldehydes is 1. The van der Waals surface area contributed by atoms with E-state index in [4.69, 9.17) is 0 Å². The number of aryl methyl sites for hydroxylation is 2. The lowest BCUT2D eigenvalue weighted by Gasteiger charge is -2.00. The number of carbonyl (C=O) groups excluding carboxylic acids is 1. The van der Waals surface area contributed by atoms with Crippen LogP contribution in [0, 0.1) is 13.8 Å². The second-order valence-corrected chi connectivity index (χ2v) is 5.69. The summed E-state index contributed by atoms with van der Waals surface area (Å²) >= 11 is 2.94. The zero-order valence-corrected chi connectivity index (χ0v) is 10.6. The van der Waals surface area contributed by atoms with Gasteiger partial charge in [0.1, 0.15) is 0 Å². The number of aromatic nitrogens is 2. The zero-order valence-electron chi connectivity index (χ0n) is 8.93. The Kier molecular flexibility index (Phi) is 3.36. The predicted octanol–water partition coefficient (Wildman–Crippen LogP) is 3.12. The molecule has 0 unspecified atom stereocenters. The lowest BCUT2D eigenvalue weighted by molar-refractivity contribution is 0.112. The van der Waals surface area contributed by atoms with Crippen LogP contribution in [0.1, 0.15) is 21.1 Å². The molecule has 0 aromatic carbocycles. The molecule has 16 heavy (non-hydrogen) atoms. The smallest absolute Gasteiger partial charge is 0.193 e. The lowest BCUT2D eigenvalue weighted by Crippen LogP contribution is -1.91. The molecule has 2 aromatic rings. The summed E-state index contributed by atoms with van der Waals surface area (Å²) in [4.78, 5) is 19.9. The maximum atomic E-state index is 10.6. The highest BCUT2D eigenvalue weighted by Crippen LogP contribution is 2.30. The Morgan fingerprint density at radius 3 is 2.50 bits per heavy atom. The van der Waals surface area contributed by atoms with Crippen LogP contribution >= 0.6 is 23.1 Å². The predicted molar refractivity (Wildman–Crippen MR) is 65.3 cm³/mol. The fourth-order valence-corrected chi connectivity index (χ4v) is 3.21. The summed E-state index contributed by atoms with van der Waals surface area (Å²) in [6.07, 6.45) is 0.858. The molecule has 2 rings (SSSR count). The SMILES string of the molecule is Cc1cc(C)nc(Sc2ccc(C=O)s2)n1. The average molecular weight is 250 g/mol. The van der Waals surface area contributed by atoms with Crippen LogP contribution in [-0.4, -0.2) is 16.3 Å². The molecule has 0 saturated heterocycles. The Labute approximate surface area is 102 Å². The lowest BCUT2D eigenvalue weighted by atomic mass is 10.4. The van der Waals surface area contributed by atoms with E-state index in [2.05, 4.69) is 9.97 Å². The van der Waals surface area contributed by atoms with E-state index in [9.17, 15) is 4.79 Å². The van der Waals surface area contributed by atoms with Gasteiger partial charge in [0.15, 0.2) is 11.4 Å². The van der Waals surface area contributed by atoms with E-state index in [1.165, 1.54) is 23.1 Å². The minimum absolute atomic E-state index is 0.729. The summed E-state index contributed by atoms with van der Waals surface area (Å²) in [5.74, 6) is 0. The Balaban J connectivity index is 2.22. The summed E-state index contributed by atoms with van der Waals surface area (Å²) < 4.78 is 1.03. The molecule has 0 amide bonds. The van der Waals surface area contributed by atoms with Crippen molar-refractivity contribution >= 4 is 29.4 Å². The quantitative estimate of drug-likeness (QED) is 0.620. The van der Waals surface area contributed by atoms with E-state index >= 15 is 0 Å². The molecule has 2 heterocycles. The van der Waals surface area contributed by atoms with Gasteiger partial charge in [-0.3, -0.25) is 4.79 Å². The molecule has 2 aromatic heterocycles. The number of thiophene rings is 1. The van der Waals surface area contributed by atoms with Crippen LogP contribution in [0.2, 0.25) is 0 Å². The number of carbonyl (C=O) groups is 1. The van der Waals surface area contributed by atoms with E-state index in [0.29, 0.717) is 0 Å². The largest absolute Gasteiger partial charge is 0.297 e. The van der Waals surface area contributed by atoms with E-state index in [1.807, 2.05) is 32.0 Å². The Bertz CT molecular complexity index is 502. The Morgan fingerprint density at radius 2 is 1.94 bits per heavy atom. The van der Waals surface area contributed by atoms with Crippen molar-refractivity contribution in [3.63, 3.8) is 0 Å². The molecule has 3 nitrogen and oxygen atoms in total. The average Bonchev–Trinajstić information content (AvgIpc) is 2.64. The van der Waals surface area contributed by atoms with Gasteiger partial charge in [0.05, 0.1) is 9.09 Å². The zero-order chi connectivity index (χ0) is 11.5. The summed E-state index contributed by atoms with van der Waals surface area (Å²) in [6.45, 7) is 3.90. The van der Waals surface area contributed by atoms with Gasteiger partial charge < -0.3 is 0 Å². The molecule has 0 N–H and O–H groups in total. The van der Waals surface area contributed by atoms with Gasteiger partial charge in [-0.2, -0.15) is 0 Å². The minimum Gasteiger partial charge on any atom is -0.297 e. The van der Waals surface area contributed by atoms with Crippen LogP contribution in [-0.2, 0) is 0 Å². The monoisotopic (exact) mass is 250 g/mol. The van der Waals surface area contributed by atoms with Crippen molar-refractivity contribution in [1.29, 1.82) is 0 Å². The number of nitrogens with zero attached hydrogens (tertiary/aromatic N) is 2. The van der Waals surface area contributed by atoms with Crippen LogP contribution in [0.4, 0.5) is 0 Å². The highest BCUT2D eigenvalue weighted by molar-refractivity contribution is 8.01. The molecule has 0 spiro atoms. The first-order valence-corrected chi connectivity index (χ1v) is 6.36. The number of rotatable bonds is 3. The van der Waals surface area contributed by atoms with Gasteiger partial charge in [-0.05, 0) is 43.8 Å². The molecule has 5 heteroatoms. The molecule has 0 atom stereocenters. The molecular weight excluding hydrogens is 240 g/mol. The first-order chi connectivity index (χ1) is 7.67. The fraction of sp³-hybridized carbons (Fsp3) is 0.182. The molecule has 0 radical (unpaired) electrons. The van der Waals surface area contributed by atoms with Gasteiger partial charge in [-0.25, -0.2) is 9.97 Å². The summed E-state index contributed by atoms with van der Waals surface area (Å²) in [5, 5.41) is 0.733. The molecule has 82 valence electrons. The van der Waals surface area contributed by atoms with E-state index in [1.54, 1.807) is 0 Å². The molecular formula is C11H10N2OS2. The van der Waals surface area contributed by atoms with Crippen molar-refractivity contribution in [1.82, 2.24) is 9.97 Å². The van der Waals surface area contributed by atoms with E-state index in [0.717, 1.165) is 31.9 Å². The van der Waals surface area contributed by atoms with Crippen molar-refractivity contribution in [3.8, 4) is 0 Å². The molecule has 0 aliphatic heterocycles. The van der Waals surface area contributed by atoms with Crippen molar-refractivity contribution in [2.24, 2.45) is 0 Å². The van der Waals surface area contributed by atoms with Crippen LogP contribution in [0.15, 0.2) is 27.6 Å². The van der Waals surface area contributed by atoms with Crippen LogP contribution in [0.5, 0.6) is 0 Å². The second kappa shape index (κ2) is 4.76. The van der Waals surface area contributed by atoms with Crippen LogP contribution in [0.25, 0.3) is 0 Å². The normalized spacial score (nSPS) is 10.4. The fourth-order valence-electron chi connectivity index (χ4n) is 1.28. The standard InChI is InChI=1S/C11H10N2OS2/c1-7-5-8(2)13-11(12-7)16-10-4-3-9(6-14)15-10/h3-6H,1-2H3. The van der Waals surface area contributed by atoms with Crippen molar-refractivity contribution < 1.29 is 4.79 Å². The van der Waals surface area contributed by atoms with E-state index < -0.39 is 0 Å². The molecule has 0 saturated carbocycles. The van der Waals surface area contributed by atoms with Gasteiger partial charge in [0, 0.05) is 11.4 Å². The van der Waals surface area contributed by atoms with Gasteiger partial charge in [-0.1, -0.05) is 0 Å². The van der Waals surface area contributed by atoms with Gasteiger partial charge in [0.25, 0.3) is 0 Å².